The van der Waals surface area contributed by atoms with Gasteiger partial charge in [0.25, 0.3) is 0 Å². The van der Waals surface area contributed by atoms with Crippen LogP contribution < -0.4 is 0 Å². The van der Waals surface area contributed by atoms with Crippen LogP contribution in [0.25, 0.3) is 11.1 Å². The van der Waals surface area contributed by atoms with Crippen molar-refractivity contribution in [3.05, 3.63) is 152 Å². The molecule has 2 aliphatic carbocycles. The first-order valence-electron chi connectivity index (χ1n) is 13.7. The quantitative estimate of drug-likeness (QED) is 0.228. The Labute approximate surface area is 223 Å². The molecule has 0 bridgehead atoms. The van der Waals surface area contributed by atoms with Crippen LogP contribution in [-0.4, -0.2) is 3.21 Å². The fourth-order valence-electron chi connectivity index (χ4n) is 7.53. The van der Waals surface area contributed by atoms with Crippen molar-refractivity contribution in [3.63, 3.8) is 0 Å². The van der Waals surface area contributed by atoms with E-state index in [0.29, 0.717) is 3.63 Å². The third-order valence-electron chi connectivity index (χ3n) is 9.36. The Bertz CT molecular complexity index is 1540. The van der Waals surface area contributed by atoms with Crippen LogP contribution in [0.4, 0.5) is 0 Å². The molecular weight excluding hydrogens is 524 g/mol. The molecule has 0 atom stereocenters. The van der Waals surface area contributed by atoms with E-state index < -0.39 is 18.3 Å². The first-order chi connectivity index (χ1) is 17.9. The van der Waals surface area contributed by atoms with Crippen molar-refractivity contribution in [2.45, 2.75) is 39.6 Å². The van der Waals surface area contributed by atoms with Crippen LogP contribution in [0, 0.1) is 0 Å². The fraction of sp³-hybridized carbons (Fsp3) is 0.194. The van der Waals surface area contributed by atoms with E-state index in [1.54, 1.807) is 12.1 Å². The van der Waals surface area contributed by atoms with E-state index in [0.717, 1.165) is 12.8 Å². The summed E-state index contributed by atoms with van der Waals surface area (Å²) in [5.41, 5.74) is 11.8. The van der Waals surface area contributed by atoms with E-state index in [1.165, 1.54) is 39.0 Å². The van der Waals surface area contributed by atoms with Crippen molar-refractivity contribution in [1.82, 2.24) is 0 Å². The first kappa shape index (κ1) is 24.4. The van der Waals surface area contributed by atoms with Crippen LogP contribution in [0.2, 0.25) is 9.26 Å². The SMILES string of the molecule is CCC1=C(C)C=[C]([Zr]([CH3])([CH3])(=[C](c2ccccc2)c2ccccc2)[CH]2c3ccccc3-c3ccccc32)C1. The van der Waals surface area contributed by atoms with Crippen LogP contribution >= 0.6 is 0 Å². The molecule has 0 saturated heterocycles. The second-order valence-corrected chi connectivity index (χ2v) is 28.2. The Kier molecular flexibility index (Phi) is 6.04. The summed E-state index contributed by atoms with van der Waals surface area (Å²) in [5.74, 6) is 0. The van der Waals surface area contributed by atoms with E-state index in [1.807, 2.05) is 0 Å². The van der Waals surface area contributed by atoms with Gasteiger partial charge in [0.05, 0.1) is 0 Å². The summed E-state index contributed by atoms with van der Waals surface area (Å²) >= 11 is -4.18. The number of rotatable bonds is 5. The van der Waals surface area contributed by atoms with Crippen LogP contribution in [0.5, 0.6) is 0 Å². The van der Waals surface area contributed by atoms with E-state index in [9.17, 15) is 0 Å². The van der Waals surface area contributed by atoms with Gasteiger partial charge in [-0.2, -0.15) is 0 Å². The van der Waals surface area contributed by atoms with E-state index >= 15 is 0 Å². The fourth-order valence-corrected chi connectivity index (χ4v) is 24.4. The summed E-state index contributed by atoms with van der Waals surface area (Å²) in [4.78, 5) is 0. The third-order valence-corrected chi connectivity index (χ3v) is 26.0. The summed E-state index contributed by atoms with van der Waals surface area (Å²) in [6.07, 6.45) is 4.85. The second-order valence-electron chi connectivity index (χ2n) is 11.7. The Hall–Kier alpha value is -2.89. The predicted octanol–water partition coefficient (Wildman–Crippen LogP) is 9.83. The molecular formula is C36H36Zr. The van der Waals surface area contributed by atoms with Gasteiger partial charge in [-0.1, -0.05) is 0 Å². The third kappa shape index (κ3) is 3.70. The normalized spacial score (nSPS) is 15.4. The van der Waals surface area contributed by atoms with Crippen molar-refractivity contribution in [1.29, 1.82) is 0 Å². The minimum absolute atomic E-state index is 0.388. The van der Waals surface area contributed by atoms with Gasteiger partial charge in [0, 0.05) is 0 Å². The molecule has 0 spiro atoms. The van der Waals surface area contributed by atoms with Crippen molar-refractivity contribution >= 4 is 3.21 Å². The number of hydrogen-bond donors (Lipinski definition) is 0. The van der Waals surface area contributed by atoms with Crippen molar-refractivity contribution < 1.29 is 18.3 Å². The molecule has 0 aromatic heterocycles. The van der Waals surface area contributed by atoms with Crippen molar-refractivity contribution in [2.75, 3.05) is 0 Å². The predicted molar refractivity (Wildman–Crippen MR) is 157 cm³/mol. The molecule has 6 rings (SSSR count). The van der Waals surface area contributed by atoms with Gasteiger partial charge in [0.2, 0.25) is 0 Å². The molecule has 0 N–H and O–H groups in total. The summed E-state index contributed by atoms with van der Waals surface area (Å²) in [7, 11) is 0. The molecule has 2 aliphatic rings. The molecule has 4 aromatic carbocycles. The first-order valence-corrected chi connectivity index (χ1v) is 22.5. The number of hydrogen-bond acceptors (Lipinski definition) is 0. The van der Waals surface area contributed by atoms with Crippen LogP contribution in [-0.2, 0) is 18.3 Å². The van der Waals surface area contributed by atoms with E-state index in [-0.39, 0.29) is 0 Å². The summed E-state index contributed by atoms with van der Waals surface area (Å²) in [6.45, 7) is 4.66. The van der Waals surface area contributed by atoms with Gasteiger partial charge in [-0.25, -0.2) is 0 Å². The Balaban J connectivity index is 1.82. The maximum atomic E-state index is 2.75. The molecule has 4 aromatic rings. The van der Waals surface area contributed by atoms with Crippen LogP contribution in [0.3, 0.4) is 0 Å². The molecule has 0 nitrogen and oxygen atoms in total. The van der Waals surface area contributed by atoms with Gasteiger partial charge in [0.1, 0.15) is 0 Å². The summed E-state index contributed by atoms with van der Waals surface area (Å²) < 4.78 is 9.21. The Morgan fingerprint density at radius 2 is 1.14 bits per heavy atom. The van der Waals surface area contributed by atoms with E-state index in [2.05, 4.69) is 138 Å². The van der Waals surface area contributed by atoms with Crippen molar-refractivity contribution in [3.8, 4) is 11.1 Å². The number of allylic oxidation sites excluding steroid dienone is 4. The average molecular weight is 560 g/mol. The van der Waals surface area contributed by atoms with Gasteiger partial charge < -0.3 is 0 Å². The number of benzene rings is 4. The molecule has 0 radical (unpaired) electrons. The molecule has 0 unspecified atom stereocenters. The van der Waals surface area contributed by atoms with E-state index in [4.69, 9.17) is 0 Å². The van der Waals surface area contributed by atoms with Gasteiger partial charge in [0.15, 0.2) is 0 Å². The summed E-state index contributed by atoms with van der Waals surface area (Å²) in [5, 5.41) is 0. The zero-order valence-electron chi connectivity index (χ0n) is 22.5. The Morgan fingerprint density at radius 1 is 0.676 bits per heavy atom. The van der Waals surface area contributed by atoms with Crippen LogP contribution in [0.15, 0.2) is 130 Å². The Morgan fingerprint density at radius 3 is 1.59 bits per heavy atom. The maximum absolute atomic E-state index is 4.18. The molecule has 37 heavy (non-hydrogen) atoms. The zero-order valence-corrected chi connectivity index (χ0v) is 24.9. The minimum atomic E-state index is -4.18. The molecule has 184 valence electrons. The van der Waals surface area contributed by atoms with Crippen LogP contribution in [0.1, 0.15) is 52.6 Å². The van der Waals surface area contributed by atoms with Gasteiger partial charge >= 0.3 is 224 Å². The monoisotopic (exact) mass is 558 g/mol. The van der Waals surface area contributed by atoms with Gasteiger partial charge in [-0.15, -0.1) is 0 Å². The molecule has 0 aliphatic heterocycles. The molecule has 0 heterocycles. The summed E-state index contributed by atoms with van der Waals surface area (Å²) in [6, 6.07) is 41.0. The molecule has 0 saturated carbocycles. The molecule has 0 amide bonds. The average Bonchev–Trinajstić information content (AvgIpc) is 3.49. The standard InChI is InChI=1S/C13H9.C13H10.C8H11.2CH3.Zr/c1-3-7-12-10(5-1)9-11-6-2-4-8-13(11)12;1-3-7-12(8-4-1)11-13-9-5-2-6-10-13;1-3-8-6-4-5-7(8)2;;;/h1-9H;1-10H;5H,3,6H2,1-2H3;2*1H3;. The topological polar surface area (TPSA) is 0 Å². The molecule has 1 heteroatoms. The molecule has 0 fully saturated rings. The zero-order chi connectivity index (χ0) is 25.6. The second kappa shape index (κ2) is 9.14. The van der Waals surface area contributed by atoms with Crippen molar-refractivity contribution in [2.24, 2.45) is 0 Å². The number of fused-ring (bicyclic) bond motifs is 3. The van der Waals surface area contributed by atoms with Gasteiger partial charge in [-0.3, -0.25) is 0 Å². The van der Waals surface area contributed by atoms with Gasteiger partial charge in [-0.05, 0) is 0 Å².